The number of nitrogens with zero attached hydrogens (tertiary/aromatic N) is 5. The molecule has 3 heterocycles. The molecule has 2 amide bonds. The normalized spacial score (nSPS) is 13.7. The largest absolute Gasteiger partial charge is 0.416 e. The Morgan fingerprint density at radius 1 is 1.00 bits per heavy atom. The van der Waals surface area contributed by atoms with Crippen molar-refractivity contribution in [2.45, 2.75) is 13.1 Å². The second-order valence-corrected chi connectivity index (χ2v) is 10.2. The molecule has 0 saturated carbocycles. The van der Waals surface area contributed by atoms with Crippen LogP contribution in [0.2, 0.25) is 0 Å². The lowest BCUT2D eigenvalue weighted by Crippen LogP contribution is -2.41. The molecule has 15 heteroatoms. The van der Waals surface area contributed by atoms with Crippen molar-refractivity contribution in [1.82, 2.24) is 30.0 Å². The van der Waals surface area contributed by atoms with E-state index < -0.39 is 17.6 Å². The van der Waals surface area contributed by atoms with Gasteiger partial charge in [-0.1, -0.05) is 12.1 Å². The number of hydrogen-bond donors (Lipinski definition) is 4. The molecule has 45 heavy (non-hydrogen) atoms. The number of carbonyl (C=O) groups excluding carboxylic acids is 2. The van der Waals surface area contributed by atoms with E-state index in [1.54, 1.807) is 37.4 Å². The summed E-state index contributed by atoms with van der Waals surface area (Å²) in [5.41, 5.74) is 0.788. The van der Waals surface area contributed by atoms with E-state index in [0.29, 0.717) is 55.1 Å². The molecule has 0 unspecified atom stereocenters. The Labute approximate surface area is 257 Å². The molecular weight excluding hydrogens is 591 g/mol. The Bertz CT molecular complexity index is 1670. The highest BCUT2D eigenvalue weighted by molar-refractivity contribution is 6.04. The maximum atomic E-state index is 13.2. The summed E-state index contributed by atoms with van der Waals surface area (Å²) < 4.78 is 46.3. The number of halogens is 3. The summed E-state index contributed by atoms with van der Waals surface area (Å²) in [6.07, 6.45) is -3.21. The van der Waals surface area contributed by atoms with Crippen LogP contribution in [-0.2, 0) is 10.9 Å². The molecule has 236 valence electrons. The number of amides is 2. The number of hydrogen-bond acceptors (Lipinski definition) is 9. The van der Waals surface area contributed by atoms with E-state index in [2.05, 4.69) is 41.2 Å². The van der Waals surface area contributed by atoms with Gasteiger partial charge in [0.05, 0.1) is 18.8 Å². The highest BCUT2D eigenvalue weighted by Crippen LogP contribution is 2.30. The molecule has 1 aliphatic rings. The number of benzene rings is 2. The number of morpholine rings is 1. The molecular formula is C30H32F3N9O3. The summed E-state index contributed by atoms with van der Waals surface area (Å²) in [4.78, 5) is 36.6. The lowest BCUT2D eigenvalue weighted by atomic mass is 10.1. The molecule has 2 aromatic heterocycles. The fourth-order valence-electron chi connectivity index (χ4n) is 4.61. The smallest absolute Gasteiger partial charge is 0.379 e. The van der Waals surface area contributed by atoms with Gasteiger partial charge in [-0.05, 0) is 42.8 Å². The minimum atomic E-state index is -4.57. The zero-order valence-corrected chi connectivity index (χ0v) is 24.6. The van der Waals surface area contributed by atoms with Crippen molar-refractivity contribution in [2.24, 2.45) is 0 Å². The Morgan fingerprint density at radius 2 is 1.80 bits per heavy atom. The van der Waals surface area contributed by atoms with E-state index in [4.69, 9.17) is 4.74 Å². The molecule has 1 fully saturated rings. The minimum absolute atomic E-state index is 0.133. The molecule has 1 aliphatic heterocycles. The lowest BCUT2D eigenvalue weighted by molar-refractivity contribution is -0.137. The Balaban J connectivity index is 1.37. The Kier molecular flexibility index (Phi) is 9.59. The highest BCUT2D eigenvalue weighted by Gasteiger charge is 2.31. The SMILES string of the molecule is CNc1cc(-n2nc(C(=O)NCCN3CCOCC3)cc2Nc2cc(NC(=O)c3cccc(C(F)(F)F)c3)ccc2C)ncn1. The van der Waals surface area contributed by atoms with Crippen molar-refractivity contribution in [2.75, 3.05) is 62.4 Å². The monoisotopic (exact) mass is 623 g/mol. The topological polar surface area (TPSA) is 138 Å². The van der Waals surface area contributed by atoms with Gasteiger partial charge < -0.3 is 26.0 Å². The van der Waals surface area contributed by atoms with Gasteiger partial charge >= 0.3 is 6.18 Å². The first-order valence-corrected chi connectivity index (χ1v) is 14.2. The maximum absolute atomic E-state index is 13.2. The quantitative estimate of drug-likeness (QED) is 0.206. The predicted octanol–water partition coefficient (Wildman–Crippen LogP) is 4.09. The number of ether oxygens (including phenoxy) is 1. The van der Waals surface area contributed by atoms with E-state index in [1.165, 1.54) is 23.1 Å². The molecule has 4 N–H and O–H groups in total. The van der Waals surface area contributed by atoms with Gasteiger partial charge in [0.2, 0.25) is 0 Å². The molecule has 0 atom stereocenters. The summed E-state index contributed by atoms with van der Waals surface area (Å²) in [5, 5.41) is 16.3. The Hall–Kier alpha value is -5.02. The second-order valence-electron chi connectivity index (χ2n) is 10.2. The Morgan fingerprint density at radius 3 is 2.56 bits per heavy atom. The van der Waals surface area contributed by atoms with Crippen LogP contribution in [0.4, 0.5) is 36.2 Å². The minimum Gasteiger partial charge on any atom is -0.379 e. The number of rotatable bonds is 10. The van der Waals surface area contributed by atoms with Crippen molar-refractivity contribution in [3.63, 3.8) is 0 Å². The van der Waals surface area contributed by atoms with Crippen molar-refractivity contribution in [3.05, 3.63) is 83.3 Å². The first-order chi connectivity index (χ1) is 21.6. The van der Waals surface area contributed by atoms with Gasteiger partial charge in [-0.2, -0.15) is 23.0 Å². The third-order valence-electron chi connectivity index (χ3n) is 7.10. The first-order valence-electron chi connectivity index (χ1n) is 14.2. The van der Waals surface area contributed by atoms with Crippen molar-refractivity contribution >= 4 is 34.8 Å². The second kappa shape index (κ2) is 13.7. The molecule has 4 aromatic rings. The average molecular weight is 624 g/mol. The van der Waals surface area contributed by atoms with Crippen molar-refractivity contribution < 1.29 is 27.5 Å². The van der Waals surface area contributed by atoms with Gasteiger partial charge in [-0.3, -0.25) is 14.5 Å². The van der Waals surface area contributed by atoms with E-state index in [1.807, 2.05) is 6.92 Å². The molecule has 0 spiro atoms. The zero-order chi connectivity index (χ0) is 32.0. The molecule has 12 nitrogen and oxygen atoms in total. The zero-order valence-electron chi connectivity index (χ0n) is 24.6. The average Bonchev–Trinajstić information content (AvgIpc) is 3.46. The van der Waals surface area contributed by atoms with Crippen LogP contribution in [-0.4, -0.2) is 82.9 Å². The van der Waals surface area contributed by atoms with Gasteiger partial charge in [-0.15, -0.1) is 0 Å². The number of aromatic nitrogens is 4. The molecule has 0 bridgehead atoms. The van der Waals surface area contributed by atoms with Gasteiger partial charge in [0, 0.05) is 62.3 Å². The fourth-order valence-corrected chi connectivity index (χ4v) is 4.61. The third kappa shape index (κ3) is 7.93. The van der Waals surface area contributed by atoms with Crippen LogP contribution in [0.15, 0.2) is 60.9 Å². The van der Waals surface area contributed by atoms with Crippen LogP contribution in [0.1, 0.15) is 32.0 Å². The standard InChI is InChI=1S/C30H32F3N9O3/c1-19-6-7-22(38-28(43)20-4-3-5-21(14-20)30(31,32)33)15-23(19)39-27-16-24(29(44)35-8-9-41-10-12-45-13-11-41)40-42(27)26-17-25(34-2)36-18-37-26/h3-7,14-18,39H,8-13H2,1-2H3,(H,35,44)(H,38,43)(H,34,36,37). The van der Waals surface area contributed by atoms with Crippen LogP contribution in [0.3, 0.4) is 0 Å². The molecule has 0 aliphatic carbocycles. The van der Waals surface area contributed by atoms with Crippen LogP contribution in [0.5, 0.6) is 0 Å². The summed E-state index contributed by atoms with van der Waals surface area (Å²) in [7, 11) is 1.71. The van der Waals surface area contributed by atoms with Gasteiger partial charge in [0.15, 0.2) is 11.5 Å². The van der Waals surface area contributed by atoms with E-state index in [-0.39, 0.29) is 17.2 Å². The highest BCUT2D eigenvalue weighted by atomic mass is 19.4. The van der Waals surface area contributed by atoms with E-state index >= 15 is 0 Å². The van der Waals surface area contributed by atoms with Crippen LogP contribution >= 0.6 is 0 Å². The predicted molar refractivity (Wildman–Crippen MR) is 162 cm³/mol. The van der Waals surface area contributed by atoms with Crippen LogP contribution < -0.4 is 21.3 Å². The summed E-state index contributed by atoms with van der Waals surface area (Å²) in [6, 6.07) is 12.5. The lowest BCUT2D eigenvalue weighted by Gasteiger charge is -2.26. The number of nitrogens with one attached hydrogen (secondary N) is 4. The number of anilines is 4. The number of alkyl halides is 3. The summed E-state index contributed by atoms with van der Waals surface area (Å²) in [6.45, 7) is 5.88. The maximum Gasteiger partial charge on any atom is 0.416 e. The van der Waals surface area contributed by atoms with Gasteiger partial charge in [0.1, 0.15) is 18.0 Å². The van der Waals surface area contributed by atoms with E-state index in [0.717, 1.165) is 30.8 Å². The number of carbonyl (C=O) groups is 2. The molecule has 2 aromatic carbocycles. The van der Waals surface area contributed by atoms with E-state index in [9.17, 15) is 22.8 Å². The third-order valence-corrected chi connectivity index (χ3v) is 7.10. The summed E-state index contributed by atoms with van der Waals surface area (Å²) >= 11 is 0. The van der Waals surface area contributed by atoms with Gasteiger partial charge in [0.25, 0.3) is 11.8 Å². The summed E-state index contributed by atoms with van der Waals surface area (Å²) in [5.74, 6) is 0.257. The molecule has 0 radical (unpaired) electrons. The van der Waals surface area contributed by atoms with Crippen molar-refractivity contribution in [3.8, 4) is 5.82 Å². The molecule has 1 saturated heterocycles. The number of aryl methyl sites for hydroxylation is 1. The fraction of sp³-hybridized carbons (Fsp3) is 0.300. The van der Waals surface area contributed by atoms with Crippen LogP contribution in [0, 0.1) is 6.92 Å². The van der Waals surface area contributed by atoms with Crippen LogP contribution in [0.25, 0.3) is 5.82 Å². The first kappa shape index (κ1) is 31.4. The van der Waals surface area contributed by atoms with Gasteiger partial charge in [-0.25, -0.2) is 9.97 Å². The molecule has 5 rings (SSSR count). The van der Waals surface area contributed by atoms with Crippen molar-refractivity contribution in [1.29, 1.82) is 0 Å².